The van der Waals surface area contributed by atoms with Crippen molar-refractivity contribution in [2.24, 2.45) is 0 Å². The van der Waals surface area contributed by atoms with Crippen molar-refractivity contribution in [1.29, 1.82) is 0 Å². The number of nitrogens with zero attached hydrogens (tertiary/aromatic N) is 4. The Balaban J connectivity index is 1.84. The number of hydrogen-bond donors (Lipinski definition) is 0. The van der Waals surface area contributed by atoms with E-state index < -0.39 is 0 Å². The van der Waals surface area contributed by atoms with Gasteiger partial charge < -0.3 is 0 Å². The van der Waals surface area contributed by atoms with E-state index >= 15 is 0 Å². The lowest BCUT2D eigenvalue weighted by Gasteiger charge is -2.09. The van der Waals surface area contributed by atoms with Gasteiger partial charge in [0.25, 0.3) is 0 Å². The predicted octanol–water partition coefficient (Wildman–Crippen LogP) is 4.06. The largest absolute Gasteiger partial charge is 0.265 e. The molecule has 0 atom stereocenters. The van der Waals surface area contributed by atoms with Gasteiger partial charge in [-0.15, -0.1) is 5.10 Å². The van der Waals surface area contributed by atoms with Crippen molar-refractivity contribution < 1.29 is 0 Å². The first kappa shape index (κ1) is 14.3. The first-order valence-corrected chi connectivity index (χ1v) is 7.85. The zero-order chi connectivity index (χ0) is 16.2. The van der Waals surface area contributed by atoms with E-state index in [2.05, 4.69) is 39.6 Å². The van der Waals surface area contributed by atoms with E-state index in [9.17, 15) is 0 Å². The van der Waals surface area contributed by atoms with Crippen molar-refractivity contribution >= 4 is 0 Å². The average molecular weight is 312 g/mol. The fourth-order valence-electron chi connectivity index (χ4n) is 2.77. The lowest BCUT2D eigenvalue weighted by molar-refractivity contribution is 0.656. The first-order valence-electron chi connectivity index (χ1n) is 7.85. The third-order valence-electron chi connectivity index (χ3n) is 3.91. The Bertz CT molecular complexity index is 916. The van der Waals surface area contributed by atoms with Gasteiger partial charge in [-0.3, -0.25) is 4.98 Å². The molecule has 0 fully saturated rings. The quantitative estimate of drug-likeness (QED) is 0.571. The topological polar surface area (TPSA) is 43.6 Å². The molecule has 4 nitrogen and oxygen atoms in total. The second-order valence-corrected chi connectivity index (χ2v) is 5.53. The monoisotopic (exact) mass is 312 g/mol. The molecule has 4 rings (SSSR count). The van der Waals surface area contributed by atoms with Gasteiger partial charge in [0.15, 0.2) is 0 Å². The van der Waals surface area contributed by atoms with Crippen LogP contribution in [0.5, 0.6) is 0 Å². The standard InChI is InChI=1S/C20H16N4/c1-3-7-16(8-4-1)15-24-20(18-9-5-2-6-10-18)19(22-23-24)17-11-13-21-14-12-17/h1-14H,15H2. The normalized spacial score (nSPS) is 10.7. The molecule has 0 N–H and O–H groups in total. The van der Waals surface area contributed by atoms with Crippen LogP contribution in [0.4, 0.5) is 0 Å². The summed E-state index contributed by atoms with van der Waals surface area (Å²) in [5.41, 5.74) is 5.21. The summed E-state index contributed by atoms with van der Waals surface area (Å²) in [4.78, 5) is 4.09. The second kappa shape index (κ2) is 6.46. The number of pyridine rings is 1. The smallest absolute Gasteiger partial charge is 0.121 e. The van der Waals surface area contributed by atoms with Crippen molar-refractivity contribution in [3.8, 4) is 22.5 Å². The number of benzene rings is 2. The molecular formula is C20H16N4. The molecule has 0 spiro atoms. The number of rotatable bonds is 4. The molecule has 2 heterocycles. The molecule has 4 aromatic rings. The van der Waals surface area contributed by atoms with Crippen LogP contribution >= 0.6 is 0 Å². The minimum absolute atomic E-state index is 0.684. The highest BCUT2D eigenvalue weighted by molar-refractivity contribution is 5.77. The average Bonchev–Trinajstić information content (AvgIpc) is 3.07. The van der Waals surface area contributed by atoms with Crippen LogP contribution in [-0.4, -0.2) is 20.0 Å². The van der Waals surface area contributed by atoms with Gasteiger partial charge in [-0.1, -0.05) is 65.9 Å². The molecule has 0 unspecified atom stereocenters. The Hall–Kier alpha value is -3.27. The van der Waals surface area contributed by atoms with Gasteiger partial charge in [-0.25, -0.2) is 4.68 Å². The Morgan fingerprint density at radius 3 is 2.08 bits per heavy atom. The summed E-state index contributed by atoms with van der Waals surface area (Å²) >= 11 is 0. The zero-order valence-electron chi connectivity index (χ0n) is 13.1. The zero-order valence-corrected chi connectivity index (χ0v) is 13.1. The molecule has 0 radical (unpaired) electrons. The summed E-state index contributed by atoms with van der Waals surface area (Å²) in [6.45, 7) is 0.684. The van der Waals surface area contributed by atoms with E-state index in [4.69, 9.17) is 0 Å². The van der Waals surface area contributed by atoms with Gasteiger partial charge >= 0.3 is 0 Å². The molecule has 4 heteroatoms. The Morgan fingerprint density at radius 2 is 1.38 bits per heavy atom. The van der Waals surface area contributed by atoms with Gasteiger partial charge in [0, 0.05) is 23.5 Å². The van der Waals surface area contributed by atoms with Crippen molar-refractivity contribution in [1.82, 2.24) is 20.0 Å². The summed E-state index contributed by atoms with van der Waals surface area (Å²) in [5.74, 6) is 0. The van der Waals surface area contributed by atoms with Crippen LogP contribution in [0.1, 0.15) is 5.56 Å². The van der Waals surface area contributed by atoms with Crippen molar-refractivity contribution in [2.75, 3.05) is 0 Å². The fourth-order valence-corrected chi connectivity index (χ4v) is 2.77. The maximum Gasteiger partial charge on any atom is 0.121 e. The summed E-state index contributed by atoms with van der Waals surface area (Å²) in [6, 6.07) is 24.5. The van der Waals surface area contributed by atoms with E-state index in [0.717, 1.165) is 22.5 Å². The van der Waals surface area contributed by atoms with Crippen LogP contribution in [0.15, 0.2) is 85.2 Å². The lowest BCUT2D eigenvalue weighted by atomic mass is 10.1. The minimum Gasteiger partial charge on any atom is -0.265 e. The summed E-state index contributed by atoms with van der Waals surface area (Å²) in [7, 11) is 0. The Kier molecular flexibility index (Phi) is 3.86. The molecule has 116 valence electrons. The molecular weight excluding hydrogens is 296 g/mol. The van der Waals surface area contributed by atoms with Gasteiger partial charge in [-0.05, 0) is 17.7 Å². The molecule has 0 aliphatic rings. The maximum absolute atomic E-state index is 4.44. The van der Waals surface area contributed by atoms with E-state index in [-0.39, 0.29) is 0 Å². The van der Waals surface area contributed by atoms with E-state index in [0.29, 0.717) is 6.54 Å². The van der Waals surface area contributed by atoms with Gasteiger partial charge in [0.05, 0.1) is 12.2 Å². The molecule has 0 saturated carbocycles. The highest BCUT2D eigenvalue weighted by atomic mass is 15.4. The molecule has 0 aliphatic heterocycles. The third kappa shape index (κ3) is 2.82. The fraction of sp³-hybridized carbons (Fsp3) is 0.0500. The van der Waals surface area contributed by atoms with Crippen LogP contribution in [0, 0.1) is 0 Å². The molecule has 2 aromatic carbocycles. The molecule has 0 aliphatic carbocycles. The number of hydrogen-bond acceptors (Lipinski definition) is 3. The predicted molar refractivity (Wildman–Crippen MR) is 94.2 cm³/mol. The SMILES string of the molecule is c1ccc(Cn2nnc(-c3ccncc3)c2-c2ccccc2)cc1. The van der Waals surface area contributed by atoms with Crippen LogP contribution in [0.2, 0.25) is 0 Å². The third-order valence-corrected chi connectivity index (χ3v) is 3.91. The summed E-state index contributed by atoms with van der Waals surface area (Å²) in [6.07, 6.45) is 3.56. The summed E-state index contributed by atoms with van der Waals surface area (Å²) < 4.78 is 1.96. The van der Waals surface area contributed by atoms with Crippen LogP contribution in [0.25, 0.3) is 22.5 Å². The van der Waals surface area contributed by atoms with E-state index in [1.54, 1.807) is 12.4 Å². The summed E-state index contributed by atoms with van der Waals surface area (Å²) in [5, 5.41) is 8.85. The van der Waals surface area contributed by atoms with Crippen molar-refractivity contribution in [3.63, 3.8) is 0 Å². The molecule has 2 aromatic heterocycles. The van der Waals surface area contributed by atoms with Crippen LogP contribution in [-0.2, 0) is 6.54 Å². The Morgan fingerprint density at radius 1 is 0.708 bits per heavy atom. The first-order chi connectivity index (χ1) is 11.9. The van der Waals surface area contributed by atoms with Crippen LogP contribution < -0.4 is 0 Å². The van der Waals surface area contributed by atoms with Crippen molar-refractivity contribution in [3.05, 3.63) is 90.8 Å². The highest BCUT2D eigenvalue weighted by Crippen LogP contribution is 2.30. The Labute approximate surface area is 140 Å². The maximum atomic E-state index is 4.44. The lowest BCUT2D eigenvalue weighted by Crippen LogP contribution is -2.04. The highest BCUT2D eigenvalue weighted by Gasteiger charge is 2.16. The molecule has 0 amide bonds. The second-order valence-electron chi connectivity index (χ2n) is 5.53. The number of aromatic nitrogens is 4. The van der Waals surface area contributed by atoms with Crippen molar-refractivity contribution in [2.45, 2.75) is 6.54 Å². The molecule has 0 bridgehead atoms. The van der Waals surface area contributed by atoms with E-state index in [1.807, 2.05) is 53.2 Å². The van der Waals surface area contributed by atoms with Crippen LogP contribution in [0.3, 0.4) is 0 Å². The van der Waals surface area contributed by atoms with Gasteiger partial charge in [0.1, 0.15) is 5.69 Å². The van der Waals surface area contributed by atoms with E-state index in [1.165, 1.54) is 5.56 Å². The molecule has 24 heavy (non-hydrogen) atoms. The molecule has 0 saturated heterocycles. The minimum atomic E-state index is 0.684. The van der Waals surface area contributed by atoms with Gasteiger partial charge in [-0.2, -0.15) is 0 Å². The van der Waals surface area contributed by atoms with Gasteiger partial charge in [0.2, 0.25) is 0 Å².